The Labute approximate surface area is 139 Å². The van der Waals surface area contributed by atoms with Gasteiger partial charge in [-0.25, -0.2) is 0 Å². The van der Waals surface area contributed by atoms with E-state index in [1.54, 1.807) is 7.05 Å². The standard InChI is InChI=1S/C17H32N4O2/c1-18-17(21-13-15-8-5-11-23-15)20-10-9-19-16(22)12-14-6-3-2-4-7-14/h14-15H,2-13H2,1H3,(H,19,22)(H2,18,20,21). The van der Waals surface area contributed by atoms with E-state index in [2.05, 4.69) is 20.9 Å². The Hall–Kier alpha value is -1.30. The maximum atomic E-state index is 11.9. The van der Waals surface area contributed by atoms with Gasteiger partial charge in [0.2, 0.25) is 5.91 Å². The van der Waals surface area contributed by atoms with Crippen molar-refractivity contribution < 1.29 is 9.53 Å². The number of nitrogens with one attached hydrogen (secondary N) is 3. The number of ether oxygens (including phenoxy) is 1. The van der Waals surface area contributed by atoms with E-state index in [0.717, 1.165) is 32.0 Å². The first-order valence-corrected chi connectivity index (χ1v) is 9.10. The second kappa shape index (κ2) is 10.5. The zero-order valence-electron chi connectivity index (χ0n) is 14.4. The predicted octanol–water partition coefficient (Wildman–Crippen LogP) is 1.42. The quantitative estimate of drug-likeness (QED) is 0.376. The highest BCUT2D eigenvalue weighted by Gasteiger charge is 2.17. The number of guanidine groups is 1. The summed E-state index contributed by atoms with van der Waals surface area (Å²) in [6, 6.07) is 0. The van der Waals surface area contributed by atoms with Crippen LogP contribution in [0.5, 0.6) is 0 Å². The molecule has 0 spiro atoms. The van der Waals surface area contributed by atoms with Crippen molar-refractivity contribution in [3.05, 3.63) is 0 Å². The number of rotatable bonds is 7. The Balaban J connectivity index is 1.51. The molecule has 2 fully saturated rings. The van der Waals surface area contributed by atoms with E-state index in [-0.39, 0.29) is 5.91 Å². The lowest BCUT2D eigenvalue weighted by molar-refractivity contribution is -0.122. The third-order valence-electron chi connectivity index (χ3n) is 4.68. The van der Waals surface area contributed by atoms with Gasteiger partial charge in [0, 0.05) is 39.7 Å². The average molecular weight is 324 g/mol. The molecule has 1 saturated heterocycles. The van der Waals surface area contributed by atoms with Gasteiger partial charge in [-0.3, -0.25) is 9.79 Å². The summed E-state index contributed by atoms with van der Waals surface area (Å²) in [6.07, 6.45) is 9.57. The van der Waals surface area contributed by atoms with Crippen molar-refractivity contribution in [1.29, 1.82) is 0 Å². The van der Waals surface area contributed by atoms with Crippen LogP contribution in [-0.4, -0.2) is 51.3 Å². The smallest absolute Gasteiger partial charge is 0.220 e. The molecule has 0 radical (unpaired) electrons. The zero-order valence-corrected chi connectivity index (χ0v) is 14.4. The van der Waals surface area contributed by atoms with Crippen LogP contribution < -0.4 is 16.0 Å². The number of carbonyl (C=O) groups is 1. The third-order valence-corrected chi connectivity index (χ3v) is 4.68. The Bertz CT molecular complexity index is 375. The van der Waals surface area contributed by atoms with E-state index >= 15 is 0 Å². The van der Waals surface area contributed by atoms with Crippen molar-refractivity contribution in [2.75, 3.05) is 33.3 Å². The fourth-order valence-electron chi connectivity index (χ4n) is 3.34. The van der Waals surface area contributed by atoms with Crippen LogP contribution in [-0.2, 0) is 9.53 Å². The normalized spacial score (nSPS) is 22.8. The molecule has 0 aromatic rings. The summed E-state index contributed by atoms with van der Waals surface area (Å²) in [5, 5.41) is 9.49. The average Bonchev–Trinajstić information content (AvgIpc) is 3.08. The van der Waals surface area contributed by atoms with E-state index in [1.165, 1.54) is 32.1 Å². The highest BCUT2D eigenvalue weighted by molar-refractivity contribution is 5.80. The molecule has 1 unspecified atom stereocenters. The summed E-state index contributed by atoms with van der Waals surface area (Å²) >= 11 is 0. The van der Waals surface area contributed by atoms with E-state index < -0.39 is 0 Å². The maximum absolute atomic E-state index is 11.9. The lowest BCUT2D eigenvalue weighted by atomic mass is 9.87. The topological polar surface area (TPSA) is 74.8 Å². The summed E-state index contributed by atoms with van der Waals surface area (Å²) in [6.45, 7) is 2.97. The second-order valence-corrected chi connectivity index (χ2v) is 6.57. The summed E-state index contributed by atoms with van der Waals surface area (Å²) in [5.74, 6) is 1.54. The molecule has 2 aliphatic rings. The van der Waals surface area contributed by atoms with Gasteiger partial charge >= 0.3 is 0 Å². The van der Waals surface area contributed by atoms with Crippen molar-refractivity contribution in [3.8, 4) is 0 Å². The van der Waals surface area contributed by atoms with Crippen molar-refractivity contribution in [3.63, 3.8) is 0 Å². The van der Waals surface area contributed by atoms with E-state index in [0.29, 0.717) is 31.5 Å². The van der Waals surface area contributed by atoms with Crippen LogP contribution in [0.25, 0.3) is 0 Å². The largest absolute Gasteiger partial charge is 0.376 e. The number of nitrogens with zero attached hydrogens (tertiary/aromatic N) is 1. The number of hydrogen-bond acceptors (Lipinski definition) is 3. The molecule has 0 aromatic carbocycles. The second-order valence-electron chi connectivity index (χ2n) is 6.57. The predicted molar refractivity (Wildman–Crippen MR) is 92.5 cm³/mol. The third kappa shape index (κ3) is 7.20. The first-order valence-electron chi connectivity index (χ1n) is 9.10. The van der Waals surface area contributed by atoms with Crippen LogP contribution >= 0.6 is 0 Å². The molecule has 6 nitrogen and oxygen atoms in total. The molecule has 1 atom stereocenters. The van der Waals surface area contributed by atoms with Crippen LogP contribution in [0.3, 0.4) is 0 Å². The molecule has 3 N–H and O–H groups in total. The highest BCUT2D eigenvalue weighted by atomic mass is 16.5. The molecular formula is C17H32N4O2. The van der Waals surface area contributed by atoms with Crippen LogP contribution in [0.15, 0.2) is 4.99 Å². The van der Waals surface area contributed by atoms with Crippen molar-refractivity contribution in [2.24, 2.45) is 10.9 Å². The molecular weight excluding hydrogens is 292 g/mol. The Morgan fingerprint density at radius 2 is 1.83 bits per heavy atom. The highest BCUT2D eigenvalue weighted by Crippen LogP contribution is 2.25. The number of aliphatic imine (C=N–C) groups is 1. The minimum Gasteiger partial charge on any atom is -0.376 e. The van der Waals surface area contributed by atoms with Crippen molar-refractivity contribution in [2.45, 2.75) is 57.5 Å². The van der Waals surface area contributed by atoms with E-state index in [9.17, 15) is 4.79 Å². The van der Waals surface area contributed by atoms with Gasteiger partial charge in [-0.2, -0.15) is 0 Å². The molecule has 132 valence electrons. The summed E-state index contributed by atoms with van der Waals surface area (Å²) in [5.41, 5.74) is 0. The van der Waals surface area contributed by atoms with Gasteiger partial charge in [0.25, 0.3) is 0 Å². The number of carbonyl (C=O) groups excluding carboxylic acids is 1. The molecule has 0 aromatic heterocycles. The molecule has 2 rings (SSSR count). The van der Waals surface area contributed by atoms with Gasteiger partial charge < -0.3 is 20.7 Å². The SMILES string of the molecule is CN=C(NCCNC(=O)CC1CCCCC1)NCC1CCCO1. The lowest BCUT2D eigenvalue weighted by Gasteiger charge is -2.21. The first-order chi connectivity index (χ1) is 11.3. The van der Waals surface area contributed by atoms with Gasteiger partial charge in [-0.05, 0) is 31.6 Å². The summed E-state index contributed by atoms with van der Waals surface area (Å²) in [4.78, 5) is 16.1. The summed E-state index contributed by atoms with van der Waals surface area (Å²) in [7, 11) is 1.76. The zero-order chi connectivity index (χ0) is 16.3. The van der Waals surface area contributed by atoms with Gasteiger partial charge in [0.15, 0.2) is 5.96 Å². The van der Waals surface area contributed by atoms with Gasteiger partial charge in [-0.15, -0.1) is 0 Å². The molecule has 1 amide bonds. The summed E-state index contributed by atoms with van der Waals surface area (Å²) < 4.78 is 5.57. The molecule has 23 heavy (non-hydrogen) atoms. The van der Waals surface area contributed by atoms with E-state index in [1.807, 2.05) is 0 Å². The molecule has 1 aliphatic carbocycles. The van der Waals surface area contributed by atoms with Gasteiger partial charge in [0.05, 0.1) is 6.10 Å². The Morgan fingerprint density at radius 3 is 2.52 bits per heavy atom. The van der Waals surface area contributed by atoms with Crippen LogP contribution in [0, 0.1) is 5.92 Å². The van der Waals surface area contributed by atoms with Gasteiger partial charge in [0.1, 0.15) is 0 Å². The molecule has 1 saturated carbocycles. The monoisotopic (exact) mass is 324 g/mol. The van der Waals surface area contributed by atoms with Crippen molar-refractivity contribution >= 4 is 11.9 Å². The van der Waals surface area contributed by atoms with Crippen LogP contribution in [0.4, 0.5) is 0 Å². The minimum absolute atomic E-state index is 0.181. The molecule has 6 heteroatoms. The number of hydrogen-bond donors (Lipinski definition) is 3. The van der Waals surface area contributed by atoms with Crippen LogP contribution in [0.1, 0.15) is 51.4 Å². The molecule has 1 aliphatic heterocycles. The number of amides is 1. The fourth-order valence-corrected chi connectivity index (χ4v) is 3.34. The minimum atomic E-state index is 0.181. The molecule has 1 heterocycles. The fraction of sp³-hybridized carbons (Fsp3) is 0.882. The van der Waals surface area contributed by atoms with Crippen LogP contribution in [0.2, 0.25) is 0 Å². The Kier molecular flexibility index (Phi) is 8.21. The first kappa shape index (κ1) is 18.0. The maximum Gasteiger partial charge on any atom is 0.220 e. The van der Waals surface area contributed by atoms with Crippen molar-refractivity contribution in [1.82, 2.24) is 16.0 Å². The lowest BCUT2D eigenvalue weighted by Crippen LogP contribution is -2.44. The van der Waals surface area contributed by atoms with Gasteiger partial charge in [-0.1, -0.05) is 19.3 Å². The molecule has 0 bridgehead atoms. The Morgan fingerprint density at radius 1 is 1.04 bits per heavy atom. The van der Waals surface area contributed by atoms with E-state index in [4.69, 9.17) is 4.74 Å².